The van der Waals surface area contributed by atoms with Gasteiger partial charge in [-0.05, 0) is 31.2 Å². The van der Waals surface area contributed by atoms with Gasteiger partial charge in [-0.3, -0.25) is 4.68 Å². The molecule has 1 N–H and O–H groups in total. The van der Waals surface area contributed by atoms with Gasteiger partial charge < -0.3 is 5.32 Å². The quantitative estimate of drug-likeness (QED) is 0.902. The highest BCUT2D eigenvalue weighted by molar-refractivity contribution is 5.22. The smallest absolute Gasteiger partial charge is 0.162 e. The molecule has 0 aliphatic heterocycles. The van der Waals surface area contributed by atoms with Gasteiger partial charge >= 0.3 is 0 Å². The fourth-order valence-electron chi connectivity index (χ4n) is 2.01. The number of nitrogens with zero attached hydrogens (tertiary/aromatic N) is 2. The Hall–Kier alpha value is -1.75. The molecule has 0 bridgehead atoms. The summed E-state index contributed by atoms with van der Waals surface area (Å²) in [7, 11) is 3.61. The summed E-state index contributed by atoms with van der Waals surface area (Å²) >= 11 is 0. The van der Waals surface area contributed by atoms with Crippen LogP contribution in [0.4, 0.5) is 8.78 Å². The Morgan fingerprint density at radius 1 is 1.33 bits per heavy atom. The summed E-state index contributed by atoms with van der Waals surface area (Å²) < 4.78 is 28.5. The zero-order valence-corrected chi connectivity index (χ0v) is 10.3. The van der Waals surface area contributed by atoms with E-state index in [9.17, 15) is 8.78 Å². The number of benzene rings is 1. The summed E-state index contributed by atoms with van der Waals surface area (Å²) in [6, 6.07) is 5.99. The highest BCUT2D eigenvalue weighted by Gasteiger charge is 2.17. The van der Waals surface area contributed by atoms with Crippen LogP contribution in [0.25, 0.3) is 0 Å². The molecule has 2 rings (SSSR count). The molecule has 0 spiro atoms. The van der Waals surface area contributed by atoms with Gasteiger partial charge in [0.2, 0.25) is 0 Å². The Morgan fingerprint density at radius 3 is 2.72 bits per heavy atom. The van der Waals surface area contributed by atoms with Crippen molar-refractivity contribution in [2.45, 2.75) is 12.5 Å². The van der Waals surface area contributed by atoms with Gasteiger partial charge in [-0.15, -0.1) is 0 Å². The molecule has 96 valence electrons. The van der Waals surface area contributed by atoms with Crippen molar-refractivity contribution in [3.63, 3.8) is 0 Å². The summed E-state index contributed by atoms with van der Waals surface area (Å²) in [5.74, 6) is -1.59. The Balaban J connectivity index is 2.26. The summed E-state index contributed by atoms with van der Waals surface area (Å²) in [5, 5.41) is 7.17. The average Bonchev–Trinajstić information content (AvgIpc) is 2.77. The molecule has 0 aliphatic rings. The van der Waals surface area contributed by atoms with Crippen molar-refractivity contribution in [2.24, 2.45) is 7.05 Å². The fourth-order valence-corrected chi connectivity index (χ4v) is 2.01. The van der Waals surface area contributed by atoms with Crippen LogP contribution in [0.1, 0.15) is 17.3 Å². The molecular formula is C13H15F2N3. The lowest BCUT2D eigenvalue weighted by Crippen LogP contribution is -2.22. The third-order valence-corrected chi connectivity index (χ3v) is 3.02. The molecule has 1 heterocycles. The van der Waals surface area contributed by atoms with E-state index in [1.165, 1.54) is 6.07 Å². The van der Waals surface area contributed by atoms with Crippen LogP contribution in [0, 0.1) is 11.6 Å². The van der Waals surface area contributed by atoms with Crippen LogP contribution in [0.15, 0.2) is 30.5 Å². The van der Waals surface area contributed by atoms with Crippen molar-refractivity contribution >= 4 is 0 Å². The zero-order valence-electron chi connectivity index (χ0n) is 10.3. The van der Waals surface area contributed by atoms with Gasteiger partial charge in [0.15, 0.2) is 11.6 Å². The molecule has 3 nitrogen and oxygen atoms in total. The third kappa shape index (κ3) is 2.41. The predicted molar refractivity (Wildman–Crippen MR) is 65.1 cm³/mol. The number of hydrogen-bond donors (Lipinski definition) is 1. The minimum atomic E-state index is -0.813. The number of aromatic nitrogens is 2. The van der Waals surface area contributed by atoms with E-state index in [4.69, 9.17) is 0 Å². The Morgan fingerprint density at radius 2 is 2.11 bits per heavy atom. The first-order chi connectivity index (χ1) is 8.63. The summed E-state index contributed by atoms with van der Waals surface area (Å²) in [4.78, 5) is 0. The zero-order chi connectivity index (χ0) is 13.1. The Labute approximate surface area is 104 Å². The lowest BCUT2D eigenvalue weighted by molar-refractivity contribution is 0.479. The maximum Gasteiger partial charge on any atom is 0.162 e. The number of halogens is 2. The van der Waals surface area contributed by atoms with Gasteiger partial charge in [-0.25, -0.2) is 8.78 Å². The molecule has 2 aromatic rings. The Kier molecular flexibility index (Phi) is 3.72. The maximum absolute atomic E-state index is 13.6. The van der Waals surface area contributed by atoms with E-state index in [1.54, 1.807) is 24.0 Å². The van der Waals surface area contributed by atoms with Crippen LogP contribution in [0.2, 0.25) is 0 Å². The second kappa shape index (κ2) is 5.27. The molecule has 1 aromatic heterocycles. The van der Waals surface area contributed by atoms with E-state index in [0.717, 1.165) is 11.8 Å². The van der Waals surface area contributed by atoms with Crippen molar-refractivity contribution in [3.8, 4) is 0 Å². The van der Waals surface area contributed by atoms with E-state index in [2.05, 4.69) is 10.4 Å². The highest BCUT2D eigenvalue weighted by Crippen LogP contribution is 2.20. The van der Waals surface area contributed by atoms with Crippen LogP contribution >= 0.6 is 0 Å². The minimum absolute atomic E-state index is 0.103. The first kappa shape index (κ1) is 12.7. The molecule has 0 saturated heterocycles. The largest absolute Gasteiger partial charge is 0.311 e. The second-order valence-corrected chi connectivity index (χ2v) is 4.14. The highest BCUT2D eigenvalue weighted by atomic mass is 19.2. The first-order valence-electron chi connectivity index (χ1n) is 5.71. The number of hydrogen-bond acceptors (Lipinski definition) is 2. The third-order valence-electron chi connectivity index (χ3n) is 3.02. The molecule has 5 heteroatoms. The van der Waals surface area contributed by atoms with Crippen molar-refractivity contribution < 1.29 is 8.78 Å². The molecule has 0 aliphatic carbocycles. The summed E-state index contributed by atoms with van der Waals surface area (Å²) in [6.07, 6.45) is 2.06. The molecule has 0 fully saturated rings. The van der Waals surface area contributed by atoms with Gasteiger partial charge in [0.1, 0.15) is 0 Å². The van der Waals surface area contributed by atoms with Gasteiger partial charge in [0.05, 0.1) is 11.7 Å². The standard InChI is InChI=1S/C13H15F2N3/c1-16-11(12-6-7-17-18(12)2)8-9-4-3-5-10(14)13(9)15/h3-7,11,16H,8H2,1-2H3. The number of rotatable bonds is 4. The number of likely N-dealkylation sites (N-methyl/N-ethyl adjacent to an activating group) is 1. The maximum atomic E-state index is 13.6. The van der Waals surface area contributed by atoms with Crippen LogP contribution < -0.4 is 5.32 Å². The van der Waals surface area contributed by atoms with Gasteiger partial charge in [-0.2, -0.15) is 5.10 Å². The molecule has 1 aromatic carbocycles. The Bertz CT molecular complexity index is 537. The number of aryl methyl sites for hydroxylation is 1. The van der Waals surface area contributed by atoms with Crippen LogP contribution in [-0.4, -0.2) is 16.8 Å². The van der Waals surface area contributed by atoms with Crippen molar-refractivity contribution in [2.75, 3.05) is 7.05 Å². The van der Waals surface area contributed by atoms with E-state index < -0.39 is 11.6 Å². The molecule has 0 radical (unpaired) electrons. The SMILES string of the molecule is CNC(Cc1cccc(F)c1F)c1ccnn1C. The molecule has 18 heavy (non-hydrogen) atoms. The summed E-state index contributed by atoms with van der Waals surface area (Å²) in [6.45, 7) is 0. The molecule has 0 amide bonds. The second-order valence-electron chi connectivity index (χ2n) is 4.14. The number of nitrogens with one attached hydrogen (secondary N) is 1. The van der Waals surface area contributed by atoms with E-state index >= 15 is 0 Å². The van der Waals surface area contributed by atoms with Crippen LogP contribution in [0.5, 0.6) is 0 Å². The van der Waals surface area contributed by atoms with Crippen molar-refractivity contribution in [1.29, 1.82) is 0 Å². The summed E-state index contributed by atoms with van der Waals surface area (Å²) in [5.41, 5.74) is 1.29. The van der Waals surface area contributed by atoms with E-state index in [-0.39, 0.29) is 6.04 Å². The predicted octanol–water partition coefficient (Wildman–Crippen LogP) is 2.20. The van der Waals surface area contributed by atoms with Crippen LogP contribution in [-0.2, 0) is 13.5 Å². The lowest BCUT2D eigenvalue weighted by Gasteiger charge is -2.17. The van der Waals surface area contributed by atoms with Gasteiger partial charge in [0, 0.05) is 13.2 Å². The molecular weight excluding hydrogens is 236 g/mol. The monoisotopic (exact) mass is 251 g/mol. The first-order valence-corrected chi connectivity index (χ1v) is 5.71. The van der Waals surface area contributed by atoms with E-state index in [0.29, 0.717) is 12.0 Å². The van der Waals surface area contributed by atoms with Crippen LogP contribution in [0.3, 0.4) is 0 Å². The topological polar surface area (TPSA) is 29.9 Å². The van der Waals surface area contributed by atoms with Crippen molar-refractivity contribution in [1.82, 2.24) is 15.1 Å². The van der Waals surface area contributed by atoms with Crippen molar-refractivity contribution in [3.05, 3.63) is 53.4 Å². The molecule has 1 atom stereocenters. The minimum Gasteiger partial charge on any atom is -0.311 e. The lowest BCUT2D eigenvalue weighted by atomic mass is 10.0. The van der Waals surface area contributed by atoms with E-state index in [1.807, 2.05) is 13.1 Å². The molecule has 1 unspecified atom stereocenters. The average molecular weight is 251 g/mol. The molecule has 0 saturated carbocycles. The fraction of sp³-hybridized carbons (Fsp3) is 0.308. The normalized spacial score (nSPS) is 12.7. The van der Waals surface area contributed by atoms with Gasteiger partial charge in [0.25, 0.3) is 0 Å². The van der Waals surface area contributed by atoms with Gasteiger partial charge in [-0.1, -0.05) is 12.1 Å².